The summed E-state index contributed by atoms with van der Waals surface area (Å²) >= 11 is 6.31. The van der Waals surface area contributed by atoms with Gasteiger partial charge in [0.05, 0.1) is 0 Å². The number of benzene rings is 1. The molecule has 0 N–H and O–H groups in total. The van der Waals surface area contributed by atoms with Crippen molar-refractivity contribution in [1.82, 2.24) is 0 Å². The minimum absolute atomic E-state index is 0.266. The van der Waals surface area contributed by atoms with E-state index in [0.29, 0.717) is 5.92 Å². The molecule has 0 aromatic heterocycles. The third-order valence-corrected chi connectivity index (χ3v) is 3.40. The number of rotatable bonds is 4. The van der Waals surface area contributed by atoms with Crippen LogP contribution in [0.2, 0.25) is 0 Å². The molecule has 0 amide bonds. The zero-order chi connectivity index (χ0) is 10.6. The fraction of sp³-hybridized carbons (Fsp3) is 0.538. The van der Waals surface area contributed by atoms with E-state index in [4.69, 9.17) is 11.6 Å². The topological polar surface area (TPSA) is 0 Å². The van der Waals surface area contributed by atoms with Crippen molar-refractivity contribution in [3.8, 4) is 0 Å². The van der Waals surface area contributed by atoms with Gasteiger partial charge in [0, 0.05) is 5.38 Å². The van der Waals surface area contributed by atoms with Gasteiger partial charge >= 0.3 is 0 Å². The summed E-state index contributed by atoms with van der Waals surface area (Å²) in [6.07, 6.45) is 2.14. The van der Waals surface area contributed by atoms with Crippen molar-refractivity contribution in [2.24, 2.45) is 5.92 Å². The summed E-state index contributed by atoms with van der Waals surface area (Å²) in [7, 11) is 0. The van der Waals surface area contributed by atoms with Crippen LogP contribution in [0.3, 0.4) is 0 Å². The number of hydrogen-bond donors (Lipinski definition) is 0. The molecule has 1 aromatic rings. The van der Waals surface area contributed by atoms with Gasteiger partial charge in [-0.3, -0.25) is 0 Å². The summed E-state index contributed by atoms with van der Waals surface area (Å²) in [5.74, 6) is 0.595. The van der Waals surface area contributed by atoms with Crippen molar-refractivity contribution in [2.75, 3.05) is 0 Å². The third kappa shape index (κ3) is 3.34. The van der Waals surface area contributed by atoms with Gasteiger partial charge in [-0.15, -0.1) is 11.6 Å². The van der Waals surface area contributed by atoms with Crippen LogP contribution in [0.15, 0.2) is 24.3 Å². The van der Waals surface area contributed by atoms with Gasteiger partial charge in [-0.2, -0.15) is 0 Å². The van der Waals surface area contributed by atoms with Crippen molar-refractivity contribution in [3.63, 3.8) is 0 Å². The average Bonchev–Trinajstić information content (AvgIpc) is 2.20. The minimum atomic E-state index is 0.266. The van der Waals surface area contributed by atoms with E-state index in [1.165, 1.54) is 11.1 Å². The van der Waals surface area contributed by atoms with E-state index in [1.54, 1.807) is 0 Å². The Kier molecular flexibility index (Phi) is 4.47. The molecule has 1 heteroatoms. The van der Waals surface area contributed by atoms with E-state index in [0.717, 1.165) is 12.8 Å². The monoisotopic (exact) mass is 210 g/mol. The van der Waals surface area contributed by atoms with Crippen LogP contribution in [0, 0.1) is 12.8 Å². The third-order valence-electron chi connectivity index (χ3n) is 2.81. The lowest BCUT2D eigenvalue weighted by Crippen LogP contribution is -2.13. The molecule has 0 nitrogen and oxygen atoms in total. The molecule has 2 unspecified atom stereocenters. The fourth-order valence-corrected chi connectivity index (χ4v) is 1.76. The smallest absolute Gasteiger partial charge is 0.0401 e. The Labute approximate surface area is 92.3 Å². The summed E-state index contributed by atoms with van der Waals surface area (Å²) < 4.78 is 0. The van der Waals surface area contributed by atoms with E-state index in [9.17, 15) is 0 Å². The Hall–Kier alpha value is -0.490. The zero-order valence-electron chi connectivity index (χ0n) is 9.26. The molecule has 0 aliphatic heterocycles. The predicted octanol–water partition coefficient (Wildman–Crippen LogP) is 4.19. The predicted molar refractivity (Wildman–Crippen MR) is 64.0 cm³/mol. The number of alkyl halides is 1. The van der Waals surface area contributed by atoms with Gasteiger partial charge in [0.15, 0.2) is 0 Å². The Morgan fingerprint density at radius 1 is 1.21 bits per heavy atom. The molecule has 1 aromatic carbocycles. The van der Waals surface area contributed by atoms with E-state index in [1.807, 2.05) is 0 Å². The zero-order valence-corrected chi connectivity index (χ0v) is 10.0. The van der Waals surface area contributed by atoms with Gasteiger partial charge in [0.1, 0.15) is 0 Å². The van der Waals surface area contributed by atoms with Crippen molar-refractivity contribution >= 4 is 11.6 Å². The SMILES string of the molecule is CCC(C)C(Cl)Cc1ccc(C)cc1. The maximum atomic E-state index is 6.31. The second-order valence-electron chi connectivity index (χ2n) is 4.09. The Bertz CT molecular complexity index is 263. The first kappa shape index (κ1) is 11.6. The van der Waals surface area contributed by atoms with Crippen LogP contribution in [0.5, 0.6) is 0 Å². The highest BCUT2D eigenvalue weighted by Crippen LogP contribution is 2.19. The molecule has 1 rings (SSSR count). The molecular formula is C13H19Cl. The second kappa shape index (κ2) is 5.41. The van der Waals surface area contributed by atoms with Crippen LogP contribution < -0.4 is 0 Å². The van der Waals surface area contributed by atoms with Gasteiger partial charge in [-0.05, 0) is 24.8 Å². The van der Waals surface area contributed by atoms with Crippen LogP contribution in [0.4, 0.5) is 0 Å². The van der Waals surface area contributed by atoms with E-state index >= 15 is 0 Å². The van der Waals surface area contributed by atoms with Crippen molar-refractivity contribution in [1.29, 1.82) is 0 Å². The van der Waals surface area contributed by atoms with Gasteiger partial charge in [0.2, 0.25) is 0 Å². The number of hydrogen-bond acceptors (Lipinski definition) is 0. The highest BCUT2D eigenvalue weighted by atomic mass is 35.5. The Balaban J connectivity index is 2.56. The number of aryl methyl sites for hydroxylation is 1. The molecule has 0 radical (unpaired) electrons. The van der Waals surface area contributed by atoms with Crippen LogP contribution >= 0.6 is 11.6 Å². The highest BCUT2D eigenvalue weighted by Gasteiger charge is 2.12. The second-order valence-corrected chi connectivity index (χ2v) is 4.65. The van der Waals surface area contributed by atoms with E-state index in [-0.39, 0.29) is 5.38 Å². The van der Waals surface area contributed by atoms with Crippen molar-refractivity contribution in [3.05, 3.63) is 35.4 Å². The van der Waals surface area contributed by atoms with Crippen molar-refractivity contribution in [2.45, 2.75) is 39.0 Å². The fourth-order valence-electron chi connectivity index (χ4n) is 1.41. The lowest BCUT2D eigenvalue weighted by molar-refractivity contribution is 0.525. The molecular weight excluding hydrogens is 192 g/mol. The number of halogens is 1. The normalized spacial score (nSPS) is 15.1. The van der Waals surface area contributed by atoms with E-state index in [2.05, 4.69) is 45.0 Å². The van der Waals surface area contributed by atoms with Gasteiger partial charge in [-0.1, -0.05) is 50.1 Å². The van der Waals surface area contributed by atoms with Gasteiger partial charge < -0.3 is 0 Å². The molecule has 0 spiro atoms. The van der Waals surface area contributed by atoms with Crippen molar-refractivity contribution < 1.29 is 0 Å². The Morgan fingerprint density at radius 3 is 2.29 bits per heavy atom. The van der Waals surface area contributed by atoms with Crippen LogP contribution in [-0.2, 0) is 6.42 Å². The molecule has 0 saturated carbocycles. The lowest BCUT2D eigenvalue weighted by atomic mass is 9.98. The standard InChI is InChI=1S/C13H19Cl/c1-4-11(3)13(14)9-12-7-5-10(2)6-8-12/h5-8,11,13H,4,9H2,1-3H3. The van der Waals surface area contributed by atoms with Crippen LogP contribution in [0.25, 0.3) is 0 Å². The molecule has 78 valence electrons. The van der Waals surface area contributed by atoms with Crippen LogP contribution in [0.1, 0.15) is 31.4 Å². The summed E-state index contributed by atoms with van der Waals surface area (Å²) in [5, 5.41) is 0.266. The average molecular weight is 211 g/mol. The molecule has 0 saturated heterocycles. The molecule has 0 aliphatic carbocycles. The molecule has 14 heavy (non-hydrogen) atoms. The van der Waals surface area contributed by atoms with E-state index < -0.39 is 0 Å². The summed E-state index contributed by atoms with van der Waals surface area (Å²) in [6, 6.07) is 8.64. The minimum Gasteiger partial charge on any atom is -0.122 e. The van der Waals surface area contributed by atoms with Gasteiger partial charge in [0.25, 0.3) is 0 Å². The lowest BCUT2D eigenvalue weighted by Gasteiger charge is -2.15. The molecule has 0 heterocycles. The maximum Gasteiger partial charge on any atom is 0.0401 e. The molecule has 0 bridgehead atoms. The molecule has 0 fully saturated rings. The first-order chi connectivity index (χ1) is 6.63. The molecule has 2 atom stereocenters. The van der Waals surface area contributed by atoms with Gasteiger partial charge in [-0.25, -0.2) is 0 Å². The molecule has 0 aliphatic rings. The largest absolute Gasteiger partial charge is 0.122 e. The summed E-state index contributed by atoms with van der Waals surface area (Å²) in [6.45, 7) is 6.51. The highest BCUT2D eigenvalue weighted by molar-refractivity contribution is 6.20. The maximum absolute atomic E-state index is 6.31. The first-order valence-electron chi connectivity index (χ1n) is 5.33. The summed E-state index contributed by atoms with van der Waals surface area (Å²) in [5.41, 5.74) is 2.65. The summed E-state index contributed by atoms with van der Waals surface area (Å²) in [4.78, 5) is 0. The first-order valence-corrected chi connectivity index (χ1v) is 5.76. The quantitative estimate of drug-likeness (QED) is 0.654. The van der Waals surface area contributed by atoms with Crippen LogP contribution in [-0.4, -0.2) is 5.38 Å². The Morgan fingerprint density at radius 2 is 1.79 bits per heavy atom.